The maximum Gasteiger partial charge on any atom is 0.330 e. The maximum atomic E-state index is 12.9. The monoisotopic (exact) mass is 213 g/mol. The quantitative estimate of drug-likeness (QED) is 0.462. The Morgan fingerprint density at radius 2 is 2.13 bits per heavy atom. The second kappa shape index (κ2) is 4.54. The number of methoxy groups -OCH3 is 1. The van der Waals surface area contributed by atoms with Crippen molar-refractivity contribution in [3.8, 4) is 0 Å². The van der Waals surface area contributed by atoms with E-state index in [0.29, 0.717) is 6.07 Å². The summed E-state index contributed by atoms with van der Waals surface area (Å²) in [5, 5.41) is 0. The number of nitrogen functional groups attached to an aromatic ring is 1. The molecule has 0 saturated carbocycles. The molecule has 0 atom stereocenters. The van der Waals surface area contributed by atoms with Crippen molar-refractivity contribution in [1.82, 2.24) is 0 Å². The molecule has 0 aliphatic rings. The Bertz CT molecular complexity index is 416. The molecule has 0 radical (unpaired) electrons. The fraction of sp³-hybridized carbons (Fsp3) is 0.100. The third-order valence-electron chi connectivity index (χ3n) is 1.73. The van der Waals surface area contributed by atoms with E-state index in [4.69, 9.17) is 5.73 Å². The van der Waals surface area contributed by atoms with Crippen LogP contribution in [0.4, 0.5) is 14.5 Å². The number of rotatable bonds is 2. The summed E-state index contributed by atoms with van der Waals surface area (Å²) in [5.41, 5.74) is 5.22. The molecule has 80 valence electrons. The lowest BCUT2D eigenvalue weighted by Crippen LogP contribution is -1.97. The van der Waals surface area contributed by atoms with Gasteiger partial charge < -0.3 is 10.5 Å². The summed E-state index contributed by atoms with van der Waals surface area (Å²) in [7, 11) is 1.20. The molecule has 1 aromatic rings. The number of carbonyl (C=O) groups excluding carboxylic acids is 1. The highest BCUT2D eigenvalue weighted by atomic mass is 19.1. The Balaban J connectivity index is 3.04. The van der Waals surface area contributed by atoms with Crippen LogP contribution in [0.15, 0.2) is 18.2 Å². The van der Waals surface area contributed by atoms with E-state index in [0.717, 1.165) is 12.1 Å². The van der Waals surface area contributed by atoms with Crippen LogP contribution in [-0.2, 0) is 9.53 Å². The van der Waals surface area contributed by atoms with Crippen molar-refractivity contribution in [2.75, 3.05) is 12.8 Å². The lowest BCUT2D eigenvalue weighted by atomic mass is 10.1. The number of ether oxygens (including phenoxy) is 1. The van der Waals surface area contributed by atoms with Crippen LogP contribution in [0.1, 0.15) is 5.56 Å². The lowest BCUT2D eigenvalue weighted by molar-refractivity contribution is -0.134. The number of hydrogen-bond acceptors (Lipinski definition) is 3. The van der Waals surface area contributed by atoms with Gasteiger partial charge in [0.25, 0.3) is 0 Å². The molecule has 0 fully saturated rings. The number of nitrogens with two attached hydrogens (primary N) is 1. The van der Waals surface area contributed by atoms with Gasteiger partial charge in [-0.2, -0.15) is 0 Å². The standard InChI is InChI=1S/C10H9F2NO2/c1-15-9(14)3-2-6-4-7(11)5-8(12)10(6)13/h2-5H,13H2,1H3/b3-2+. The molecule has 0 aliphatic heterocycles. The molecule has 0 amide bonds. The van der Waals surface area contributed by atoms with Crippen molar-refractivity contribution >= 4 is 17.7 Å². The van der Waals surface area contributed by atoms with Crippen molar-refractivity contribution in [2.24, 2.45) is 0 Å². The molecule has 0 heterocycles. The van der Waals surface area contributed by atoms with E-state index in [-0.39, 0.29) is 11.3 Å². The molecular formula is C10H9F2NO2. The first-order valence-corrected chi connectivity index (χ1v) is 4.05. The molecule has 3 nitrogen and oxygen atoms in total. The number of halogens is 2. The topological polar surface area (TPSA) is 52.3 Å². The van der Waals surface area contributed by atoms with Crippen LogP contribution in [0.3, 0.4) is 0 Å². The first kappa shape index (κ1) is 11.2. The zero-order chi connectivity index (χ0) is 11.4. The first-order valence-electron chi connectivity index (χ1n) is 4.05. The summed E-state index contributed by atoms with van der Waals surface area (Å²) >= 11 is 0. The van der Waals surface area contributed by atoms with Gasteiger partial charge in [-0.05, 0) is 12.1 Å². The molecule has 1 rings (SSSR count). The van der Waals surface area contributed by atoms with Crippen LogP contribution in [-0.4, -0.2) is 13.1 Å². The molecule has 0 bridgehead atoms. The van der Waals surface area contributed by atoms with E-state index >= 15 is 0 Å². The van der Waals surface area contributed by atoms with Gasteiger partial charge in [-0.25, -0.2) is 13.6 Å². The lowest BCUT2D eigenvalue weighted by Gasteiger charge is -2.01. The van der Waals surface area contributed by atoms with Gasteiger partial charge in [0.15, 0.2) is 0 Å². The third kappa shape index (κ3) is 2.77. The predicted octanol–water partition coefficient (Wildman–Crippen LogP) is 1.73. The summed E-state index contributed by atoms with van der Waals surface area (Å²) < 4.78 is 30.0. The molecule has 0 spiro atoms. The van der Waals surface area contributed by atoms with Crippen LogP contribution in [0, 0.1) is 11.6 Å². The molecule has 0 aliphatic carbocycles. The van der Waals surface area contributed by atoms with Crippen LogP contribution >= 0.6 is 0 Å². The number of carbonyl (C=O) groups is 1. The SMILES string of the molecule is COC(=O)/C=C/c1cc(F)cc(F)c1N. The Morgan fingerprint density at radius 3 is 2.73 bits per heavy atom. The Morgan fingerprint density at radius 1 is 1.47 bits per heavy atom. The molecule has 0 unspecified atom stereocenters. The summed E-state index contributed by atoms with van der Waals surface area (Å²) in [4.78, 5) is 10.7. The molecule has 0 aromatic heterocycles. The largest absolute Gasteiger partial charge is 0.466 e. The minimum atomic E-state index is -0.862. The van der Waals surface area contributed by atoms with Crippen molar-refractivity contribution in [2.45, 2.75) is 0 Å². The Kier molecular flexibility index (Phi) is 3.38. The second-order valence-electron chi connectivity index (χ2n) is 2.75. The van der Waals surface area contributed by atoms with Gasteiger partial charge in [-0.3, -0.25) is 0 Å². The van der Waals surface area contributed by atoms with Crippen molar-refractivity contribution in [3.05, 3.63) is 35.4 Å². The number of anilines is 1. The molecule has 0 saturated heterocycles. The highest BCUT2D eigenvalue weighted by Crippen LogP contribution is 2.19. The summed E-state index contributed by atoms with van der Waals surface area (Å²) in [6.07, 6.45) is 2.22. The maximum absolute atomic E-state index is 12.9. The summed E-state index contributed by atoms with van der Waals surface area (Å²) in [5.74, 6) is -2.25. The Hall–Kier alpha value is -1.91. The minimum absolute atomic E-state index is 0.0953. The molecule has 5 heteroatoms. The number of hydrogen-bond donors (Lipinski definition) is 1. The van der Waals surface area contributed by atoms with Gasteiger partial charge in [0.2, 0.25) is 0 Å². The van der Waals surface area contributed by atoms with Crippen molar-refractivity contribution < 1.29 is 18.3 Å². The minimum Gasteiger partial charge on any atom is -0.466 e. The highest BCUT2D eigenvalue weighted by molar-refractivity contribution is 5.88. The normalized spacial score (nSPS) is 10.6. The van der Waals surface area contributed by atoms with Crippen molar-refractivity contribution in [3.63, 3.8) is 0 Å². The zero-order valence-electron chi connectivity index (χ0n) is 7.96. The predicted molar refractivity (Wildman–Crippen MR) is 51.8 cm³/mol. The first-order chi connectivity index (χ1) is 7.04. The van der Waals surface area contributed by atoms with E-state index in [9.17, 15) is 13.6 Å². The zero-order valence-corrected chi connectivity index (χ0v) is 7.96. The van der Waals surface area contributed by atoms with Crippen LogP contribution < -0.4 is 5.73 Å². The highest BCUT2D eigenvalue weighted by Gasteiger charge is 2.05. The van der Waals surface area contributed by atoms with E-state index in [1.807, 2.05) is 0 Å². The molecule has 1 aromatic carbocycles. The summed E-state index contributed by atoms with van der Waals surface area (Å²) in [6, 6.07) is 1.70. The third-order valence-corrected chi connectivity index (χ3v) is 1.73. The van der Waals surface area contributed by atoms with Crippen LogP contribution in [0.5, 0.6) is 0 Å². The number of benzene rings is 1. The van der Waals surface area contributed by atoms with Crippen LogP contribution in [0.25, 0.3) is 6.08 Å². The number of esters is 1. The van der Waals surface area contributed by atoms with Crippen LogP contribution in [0.2, 0.25) is 0 Å². The van der Waals surface area contributed by atoms with Gasteiger partial charge in [0.05, 0.1) is 12.8 Å². The molecule has 15 heavy (non-hydrogen) atoms. The average Bonchev–Trinajstić information content (AvgIpc) is 2.20. The van der Waals surface area contributed by atoms with Gasteiger partial charge in [0.1, 0.15) is 11.6 Å². The smallest absolute Gasteiger partial charge is 0.330 e. The fourth-order valence-electron chi connectivity index (χ4n) is 0.968. The average molecular weight is 213 g/mol. The van der Waals surface area contributed by atoms with Crippen molar-refractivity contribution in [1.29, 1.82) is 0 Å². The van der Waals surface area contributed by atoms with E-state index in [1.54, 1.807) is 0 Å². The van der Waals surface area contributed by atoms with E-state index in [2.05, 4.69) is 4.74 Å². The Labute approximate surface area is 85.1 Å². The van der Waals surface area contributed by atoms with Gasteiger partial charge in [0, 0.05) is 17.7 Å². The van der Waals surface area contributed by atoms with Gasteiger partial charge >= 0.3 is 5.97 Å². The van der Waals surface area contributed by atoms with Gasteiger partial charge in [-0.15, -0.1) is 0 Å². The summed E-state index contributed by atoms with van der Waals surface area (Å²) in [6.45, 7) is 0. The second-order valence-corrected chi connectivity index (χ2v) is 2.75. The van der Waals surface area contributed by atoms with E-state index < -0.39 is 17.6 Å². The molecular weight excluding hydrogens is 204 g/mol. The van der Waals surface area contributed by atoms with Gasteiger partial charge in [-0.1, -0.05) is 0 Å². The fourth-order valence-corrected chi connectivity index (χ4v) is 0.968. The molecule has 2 N–H and O–H groups in total. The van der Waals surface area contributed by atoms with E-state index in [1.165, 1.54) is 13.2 Å².